The van der Waals surface area contributed by atoms with Crippen molar-refractivity contribution in [2.24, 2.45) is 0 Å². The summed E-state index contributed by atoms with van der Waals surface area (Å²) >= 11 is 0. The normalized spacial score (nSPS) is 14.6. The van der Waals surface area contributed by atoms with Gasteiger partial charge in [-0.25, -0.2) is 0 Å². The van der Waals surface area contributed by atoms with Gasteiger partial charge in [0.1, 0.15) is 0 Å². The second-order valence-electron chi connectivity index (χ2n) is 7.60. The molecule has 0 fully saturated rings. The maximum absolute atomic E-state index is 14.6. The largest absolute Gasteiger partial charge is 0.359 e. The summed E-state index contributed by atoms with van der Waals surface area (Å²) in [5.41, 5.74) is 4.19. The van der Waals surface area contributed by atoms with E-state index in [4.69, 9.17) is 9.05 Å². The van der Waals surface area contributed by atoms with E-state index in [1.807, 2.05) is 24.3 Å². The van der Waals surface area contributed by atoms with Crippen molar-refractivity contribution >= 4 is 7.60 Å². The molecule has 3 rings (SSSR count). The Bertz CT molecular complexity index is 792. The van der Waals surface area contributed by atoms with Crippen LogP contribution in [0, 0.1) is 0 Å². The van der Waals surface area contributed by atoms with Crippen LogP contribution in [-0.2, 0) is 18.9 Å². The Morgan fingerprint density at radius 2 is 1.28 bits per heavy atom. The second kappa shape index (κ2) is 10.0. The highest BCUT2D eigenvalue weighted by Crippen LogP contribution is 2.70. The zero-order valence-corrected chi connectivity index (χ0v) is 18.8. The van der Waals surface area contributed by atoms with Gasteiger partial charge in [0.25, 0.3) is 0 Å². The summed E-state index contributed by atoms with van der Waals surface area (Å²) in [7, 11) is -3.56. The lowest BCUT2D eigenvalue weighted by molar-refractivity contribution is 0.177. The standard InChI is InChI=1S/C24H34NO3P/c1-4-7-18-27-29(26,28-19-8-5-2)24(25-17-6-3)22-15-11-9-13-20(22)21-14-10-12-16-23(21)24/h9-16,25H,4-8,17-19H2,1-3H3. The SMILES string of the molecule is CCCCOP(=O)(OCCCC)C1(NCCC)c2ccccc2-c2ccccc21. The first-order chi connectivity index (χ1) is 14.1. The summed E-state index contributed by atoms with van der Waals surface area (Å²) in [4.78, 5) is 0. The molecule has 0 bridgehead atoms. The average Bonchev–Trinajstić information content (AvgIpc) is 3.04. The molecule has 1 aliphatic rings. The molecule has 29 heavy (non-hydrogen) atoms. The summed E-state index contributed by atoms with van der Waals surface area (Å²) in [6, 6.07) is 16.4. The minimum Gasteiger partial charge on any atom is -0.307 e. The van der Waals surface area contributed by atoms with Crippen molar-refractivity contribution in [3.05, 3.63) is 59.7 Å². The maximum atomic E-state index is 14.6. The monoisotopic (exact) mass is 415 g/mol. The first-order valence-corrected chi connectivity index (χ1v) is 12.5. The fraction of sp³-hybridized carbons (Fsp3) is 0.500. The Kier molecular flexibility index (Phi) is 7.70. The number of nitrogens with one attached hydrogen (secondary N) is 1. The van der Waals surface area contributed by atoms with Gasteiger partial charge in [0.05, 0.1) is 13.2 Å². The van der Waals surface area contributed by atoms with Gasteiger partial charge in [0.15, 0.2) is 5.28 Å². The van der Waals surface area contributed by atoms with E-state index in [-0.39, 0.29) is 0 Å². The van der Waals surface area contributed by atoms with Crippen LogP contribution in [0.15, 0.2) is 48.5 Å². The molecule has 0 aromatic heterocycles. The molecular formula is C24H34NO3P. The summed E-state index contributed by atoms with van der Waals surface area (Å²) in [5, 5.41) is 2.66. The average molecular weight is 416 g/mol. The fourth-order valence-corrected chi connectivity index (χ4v) is 6.48. The van der Waals surface area contributed by atoms with Gasteiger partial charge in [0, 0.05) is 0 Å². The van der Waals surface area contributed by atoms with Crippen LogP contribution >= 0.6 is 7.60 Å². The quantitative estimate of drug-likeness (QED) is 0.310. The molecule has 5 heteroatoms. The van der Waals surface area contributed by atoms with Crippen LogP contribution in [0.5, 0.6) is 0 Å². The second-order valence-corrected chi connectivity index (χ2v) is 9.78. The Hall–Kier alpha value is -1.45. The molecule has 2 aromatic carbocycles. The molecule has 0 radical (unpaired) electrons. The highest BCUT2D eigenvalue weighted by atomic mass is 31.2. The van der Waals surface area contributed by atoms with E-state index in [1.54, 1.807) is 0 Å². The maximum Gasteiger partial charge on any atom is 0.359 e. The van der Waals surface area contributed by atoms with E-state index in [0.717, 1.165) is 60.9 Å². The highest BCUT2D eigenvalue weighted by Gasteiger charge is 2.58. The van der Waals surface area contributed by atoms with Gasteiger partial charge in [-0.05, 0) is 48.1 Å². The molecule has 0 atom stereocenters. The lowest BCUT2D eigenvalue weighted by Crippen LogP contribution is -2.43. The number of fused-ring (bicyclic) bond motifs is 3. The summed E-state index contributed by atoms with van der Waals surface area (Å²) < 4.78 is 27.0. The van der Waals surface area contributed by atoms with Crippen molar-refractivity contribution < 1.29 is 13.6 Å². The number of hydrogen-bond donors (Lipinski definition) is 1. The van der Waals surface area contributed by atoms with Gasteiger partial charge in [-0.1, -0.05) is 82.1 Å². The lowest BCUT2D eigenvalue weighted by Gasteiger charge is -2.38. The number of unbranched alkanes of at least 4 members (excludes halogenated alkanes) is 2. The number of hydrogen-bond acceptors (Lipinski definition) is 4. The molecule has 1 aliphatic carbocycles. The third-order valence-corrected chi connectivity index (χ3v) is 7.99. The predicted molar refractivity (Wildman–Crippen MR) is 120 cm³/mol. The topological polar surface area (TPSA) is 47.6 Å². The minimum absolute atomic E-state index is 0.430. The van der Waals surface area contributed by atoms with E-state index in [2.05, 4.69) is 50.4 Å². The Morgan fingerprint density at radius 3 is 1.72 bits per heavy atom. The molecule has 0 aliphatic heterocycles. The summed E-state index contributed by atoms with van der Waals surface area (Å²) in [6.45, 7) is 7.92. The first-order valence-electron chi connectivity index (χ1n) is 11.0. The van der Waals surface area contributed by atoms with Gasteiger partial charge in [0.2, 0.25) is 0 Å². The van der Waals surface area contributed by atoms with Crippen LogP contribution in [-0.4, -0.2) is 19.8 Å². The molecule has 0 unspecified atom stereocenters. The Morgan fingerprint density at radius 1 is 0.793 bits per heavy atom. The van der Waals surface area contributed by atoms with Crippen molar-refractivity contribution in [1.29, 1.82) is 0 Å². The number of benzene rings is 2. The smallest absolute Gasteiger partial charge is 0.307 e. The molecule has 4 nitrogen and oxygen atoms in total. The predicted octanol–water partition coefficient (Wildman–Crippen LogP) is 6.69. The molecule has 1 N–H and O–H groups in total. The fourth-order valence-electron chi connectivity index (χ4n) is 3.99. The van der Waals surface area contributed by atoms with E-state index < -0.39 is 12.9 Å². The van der Waals surface area contributed by atoms with Gasteiger partial charge in [-0.3, -0.25) is 9.88 Å². The first kappa shape index (κ1) is 22.2. The van der Waals surface area contributed by atoms with Crippen molar-refractivity contribution in [3.63, 3.8) is 0 Å². The van der Waals surface area contributed by atoms with Crippen LogP contribution < -0.4 is 5.32 Å². The highest BCUT2D eigenvalue weighted by molar-refractivity contribution is 7.55. The van der Waals surface area contributed by atoms with Crippen molar-refractivity contribution in [1.82, 2.24) is 5.32 Å². The van der Waals surface area contributed by atoms with E-state index in [0.29, 0.717) is 13.2 Å². The van der Waals surface area contributed by atoms with E-state index in [9.17, 15) is 4.57 Å². The van der Waals surface area contributed by atoms with Crippen LogP contribution in [0.1, 0.15) is 64.0 Å². The zero-order valence-electron chi connectivity index (χ0n) is 17.9. The molecule has 2 aromatic rings. The summed E-state index contributed by atoms with van der Waals surface area (Å²) in [5.74, 6) is 0. The molecular weight excluding hydrogens is 381 g/mol. The van der Waals surface area contributed by atoms with Gasteiger partial charge >= 0.3 is 7.60 Å². The van der Waals surface area contributed by atoms with E-state index >= 15 is 0 Å². The molecule has 158 valence electrons. The Labute approximate surface area is 175 Å². The van der Waals surface area contributed by atoms with Crippen LogP contribution in [0.25, 0.3) is 11.1 Å². The molecule has 0 saturated carbocycles. The summed E-state index contributed by atoms with van der Waals surface area (Å²) in [6.07, 6.45) is 4.60. The molecule has 0 amide bonds. The molecule has 0 saturated heterocycles. The lowest BCUT2D eigenvalue weighted by atomic mass is 10.0. The van der Waals surface area contributed by atoms with Crippen molar-refractivity contribution in [2.45, 2.75) is 58.2 Å². The van der Waals surface area contributed by atoms with Crippen LogP contribution in [0.2, 0.25) is 0 Å². The van der Waals surface area contributed by atoms with Gasteiger partial charge < -0.3 is 9.05 Å². The van der Waals surface area contributed by atoms with Crippen LogP contribution in [0.3, 0.4) is 0 Å². The van der Waals surface area contributed by atoms with Gasteiger partial charge in [-0.15, -0.1) is 0 Å². The third-order valence-electron chi connectivity index (χ3n) is 5.48. The van der Waals surface area contributed by atoms with Crippen molar-refractivity contribution in [2.75, 3.05) is 19.8 Å². The van der Waals surface area contributed by atoms with E-state index in [1.165, 1.54) is 0 Å². The molecule has 0 heterocycles. The molecule has 0 spiro atoms. The van der Waals surface area contributed by atoms with Crippen LogP contribution in [0.4, 0.5) is 0 Å². The van der Waals surface area contributed by atoms with Crippen molar-refractivity contribution in [3.8, 4) is 11.1 Å². The number of rotatable bonds is 12. The zero-order chi connectivity index (χ0) is 20.7. The Balaban J connectivity index is 2.19. The third kappa shape index (κ3) is 4.09. The van der Waals surface area contributed by atoms with Gasteiger partial charge in [-0.2, -0.15) is 0 Å². The minimum atomic E-state index is -3.56.